The van der Waals surface area contributed by atoms with Gasteiger partial charge in [-0.05, 0) is 62.7 Å². The molecule has 0 radical (unpaired) electrons. The summed E-state index contributed by atoms with van der Waals surface area (Å²) in [6.45, 7) is 0. The lowest BCUT2D eigenvalue weighted by atomic mass is 9.48. The summed E-state index contributed by atoms with van der Waals surface area (Å²) in [6.07, 6.45) is 10.7. The molecule has 0 unspecified atom stereocenters. The highest BCUT2D eigenvalue weighted by Crippen LogP contribution is 2.60. The number of aliphatic carboxylic acids is 1. The van der Waals surface area contributed by atoms with Crippen molar-refractivity contribution < 1.29 is 9.90 Å². The number of aromatic amines is 1. The van der Waals surface area contributed by atoms with Crippen molar-refractivity contribution in [2.75, 3.05) is 0 Å². The third-order valence-electron chi connectivity index (χ3n) is 5.85. The Hall–Kier alpha value is -1.32. The van der Waals surface area contributed by atoms with Crippen LogP contribution in [0.4, 0.5) is 0 Å². The van der Waals surface area contributed by atoms with E-state index in [1.807, 2.05) is 0 Å². The summed E-state index contributed by atoms with van der Waals surface area (Å²) < 4.78 is 0. The average Bonchev–Trinajstić information content (AvgIpc) is 2.83. The highest BCUT2D eigenvalue weighted by Gasteiger charge is 2.53. The number of carboxylic acids is 1. The highest BCUT2D eigenvalue weighted by atomic mass is 16.4. The third-order valence-corrected chi connectivity index (χ3v) is 5.85. The zero-order chi connectivity index (χ0) is 13.7. The number of rotatable bonds is 4. The first kappa shape index (κ1) is 12.4. The van der Waals surface area contributed by atoms with Crippen LogP contribution in [0.1, 0.15) is 56.3 Å². The van der Waals surface area contributed by atoms with Crippen LogP contribution >= 0.6 is 0 Å². The highest BCUT2D eigenvalue weighted by molar-refractivity contribution is 5.67. The molecule has 0 atom stereocenters. The number of H-pyrrole nitrogens is 1. The quantitative estimate of drug-likeness (QED) is 0.887. The van der Waals surface area contributed by atoms with E-state index in [9.17, 15) is 4.79 Å². The van der Waals surface area contributed by atoms with Gasteiger partial charge in [0.05, 0.1) is 18.4 Å². The minimum absolute atomic E-state index is 0.196. The average molecular weight is 274 g/mol. The molecular formula is C16H22N2O2. The first-order chi connectivity index (χ1) is 9.64. The van der Waals surface area contributed by atoms with E-state index in [-0.39, 0.29) is 11.8 Å². The lowest BCUT2D eigenvalue weighted by Gasteiger charge is -2.56. The predicted octanol–water partition coefficient (Wildman–Crippen LogP) is 2.89. The third kappa shape index (κ3) is 1.88. The van der Waals surface area contributed by atoms with Gasteiger partial charge in [0.2, 0.25) is 0 Å². The van der Waals surface area contributed by atoms with Crippen LogP contribution < -0.4 is 0 Å². The van der Waals surface area contributed by atoms with E-state index < -0.39 is 5.97 Å². The molecule has 4 saturated carbocycles. The van der Waals surface area contributed by atoms with Crippen molar-refractivity contribution in [1.29, 1.82) is 0 Å². The van der Waals surface area contributed by atoms with Gasteiger partial charge in [0.25, 0.3) is 0 Å². The Kier molecular flexibility index (Phi) is 2.69. The summed E-state index contributed by atoms with van der Waals surface area (Å²) in [7, 11) is 0. The second kappa shape index (κ2) is 4.34. The van der Waals surface area contributed by atoms with Crippen LogP contribution in [0.25, 0.3) is 0 Å². The second-order valence-corrected chi connectivity index (χ2v) is 7.32. The Morgan fingerprint density at radius 2 is 1.85 bits per heavy atom. The summed E-state index contributed by atoms with van der Waals surface area (Å²) in [4.78, 5) is 18.7. The van der Waals surface area contributed by atoms with Crippen molar-refractivity contribution in [3.05, 3.63) is 17.7 Å². The molecule has 1 aromatic rings. The number of nitrogens with zero attached hydrogens (tertiary/aromatic N) is 1. The Bertz CT molecular complexity index is 499. The molecule has 0 aromatic carbocycles. The number of aryl methyl sites for hydroxylation is 1. The molecule has 4 heteroatoms. The molecule has 0 amide bonds. The normalized spacial score (nSPS) is 38.3. The molecule has 4 bridgehead atoms. The Morgan fingerprint density at radius 3 is 2.40 bits per heavy atom. The monoisotopic (exact) mass is 274 g/mol. The number of hydrogen-bond donors (Lipinski definition) is 2. The van der Waals surface area contributed by atoms with Crippen molar-refractivity contribution in [2.24, 2.45) is 17.8 Å². The minimum Gasteiger partial charge on any atom is -0.481 e. The number of carboxylic acid groups (broad SMARTS) is 1. The molecule has 4 aliphatic rings. The van der Waals surface area contributed by atoms with Crippen molar-refractivity contribution >= 4 is 5.97 Å². The van der Waals surface area contributed by atoms with Crippen molar-refractivity contribution in [1.82, 2.24) is 9.97 Å². The fourth-order valence-electron chi connectivity index (χ4n) is 5.60. The van der Waals surface area contributed by atoms with Gasteiger partial charge in [-0.3, -0.25) is 4.79 Å². The summed E-state index contributed by atoms with van der Waals surface area (Å²) in [5, 5.41) is 8.90. The fourth-order valence-corrected chi connectivity index (χ4v) is 5.60. The van der Waals surface area contributed by atoms with Gasteiger partial charge in [0, 0.05) is 11.1 Å². The number of carbonyl (C=O) groups is 1. The predicted molar refractivity (Wildman–Crippen MR) is 74.4 cm³/mol. The van der Waals surface area contributed by atoms with Gasteiger partial charge in [-0.25, -0.2) is 4.98 Å². The van der Waals surface area contributed by atoms with Gasteiger partial charge in [-0.2, -0.15) is 0 Å². The second-order valence-electron chi connectivity index (χ2n) is 7.32. The molecule has 20 heavy (non-hydrogen) atoms. The maximum atomic E-state index is 10.8. The van der Waals surface area contributed by atoms with Crippen molar-refractivity contribution in [3.8, 4) is 0 Å². The first-order valence-corrected chi connectivity index (χ1v) is 7.89. The van der Waals surface area contributed by atoms with E-state index in [2.05, 4.69) is 9.97 Å². The van der Waals surface area contributed by atoms with Gasteiger partial charge >= 0.3 is 5.97 Å². The fraction of sp³-hybridized carbons (Fsp3) is 0.750. The van der Waals surface area contributed by atoms with Crippen LogP contribution in [0.3, 0.4) is 0 Å². The van der Waals surface area contributed by atoms with Crippen LogP contribution in [0.5, 0.6) is 0 Å². The van der Waals surface area contributed by atoms with E-state index in [0.717, 1.165) is 23.4 Å². The van der Waals surface area contributed by atoms with Gasteiger partial charge in [0.1, 0.15) is 0 Å². The minimum atomic E-state index is -0.726. The molecule has 1 heterocycles. The first-order valence-electron chi connectivity index (χ1n) is 7.89. The lowest BCUT2D eigenvalue weighted by molar-refractivity contribution is -0.137. The number of imidazole rings is 1. The van der Waals surface area contributed by atoms with Gasteiger partial charge in [0.15, 0.2) is 0 Å². The Morgan fingerprint density at radius 1 is 1.25 bits per heavy atom. The molecule has 4 aliphatic carbocycles. The standard InChI is InChI=1S/C16H22N2O2/c19-14(20)2-1-13-15(18-9-17-13)16-6-10-3-11(7-16)5-12(4-10)8-16/h9-12H,1-8H2,(H,17,18)(H,19,20). The topological polar surface area (TPSA) is 66.0 Å². The number of aromatic nitrogens is 2. The molecule has 0 spiro atoms. The van der Waals surface area contributed by atoms with Gasteiger partial charge in [-0.1, -0.05) is 0 Å². The zero-order valence-corrected chi connectivity index (χ0v) is 11.8. The van der Waals surface area contributed by atoms with Crippen molar-refractivity contribution in [3.63, 3.8) is 0 Å². The number of hydrogen-bond acceptors (Lipinski definition) is 2. The Labute approximate surface area is 119 Å². The van der Waals surface area contributed by atoms with E-state index >= 15 is 0 Å². The zero-order valence-electron chi connectivity index (χ0n) is 11.8. The molecule has 108 valence electrons. The lowest BCUT2D eigenvalue weighted by Crippen LogP contribution is -2.49. The molecule has 1 aromatic heterocycles. The van der Waals surface area contributed by atoms with Crippen LogP contribution in [0.15, 0.2) is 6.33 Å². The molecule has 5 rings (SSSR count). The van der Waals surface area contributed by atoms with Crippen LogP contribution in [-0.4, -0.2) is 21.0 Å². The van der Waals surface area contributed by atoms with E-state index in [1.54, 1.807) is 6.33 Å². The molecular weight excluding hydrogens is 252 g/mol. The van der Waals surface area contributed by atoms with Crippen LogP contribution in [0.2, 0.25) is 0 Å². The molecule has 2 N–H and O–H groups in total. The maximum absolute atomic E-state index is 10.8. The van der Waals surface area contributed by atoms with Crippen LogP contribution in [-0.2, 0) is 16.6 Å². The summed E-state index contributed by atoms with van der Waals surface area (Å²) in [5.74, 6) is 1.96. The van der Waals surface area contributed by atoms with Crippen LogP contribution in [0, 0.1) is 17.8 Å². The summed E-state index contributed by atoms with van der Waals surface area (Å²) >= 11 is 0. The van der Waals surface area contributed by atoms with Gasteiger partial charge in [-0.15, -0.1) is 0 Å². The molecule has 4 nitrogen and oxygen atoms in total. The molecule has 0 saturated heterocycles. The van der Waals surface area contributed by atoms with Gasteiger partial charge < -0.3 is 10.1 Å². The smallest absolute Gasteiger partial charge is 0.303 e. The van der Waals surface area contributed by atoms with E-state index in [4.69, 9.17) is 5.11 Å². The number of nitrogens with one attached hydrogen (secondary N) is 1. The molecule has 0 aliphatic heterocycles. The van der Waals surface area contributed by atoms with E-state index in [0.29, 0.717) is 6.42 Å². The summed E-state index contributed by atoms with van der Waals surface area (Å²) in [6, 6.07) is 0. The Balaban J connectivity index is 1.64. The SMILES string of the molecule is O=C(O)CCc1[nH]cnc1C12CC3CC(CC(C3)C1)C2. The largest absolute Gasteiger partial charge is 0.481 e. The maximum Gasteiger partial charge on any atom is 0.303 e. The van der Waals surface area contributed by atoms with E-state index in [1.165, 1.54) is 44.2 Å². The molecule has 4 fully saturated rings. The van der Waals surface area contributed by atoms with Crippen molar-refractivity contribution in [2.45, 2.75) is 56.8 Å². The summed E-state index contributed by atoms with van der Waals surface area (Å²) in [5.41, 5.74) is 2.55.